The van der Waals surface area contributed by atoms with E-state index in [-0.39, 0.29) is 12.4 Å². The molecule has 1 aromatic rings. The monoisotopic (exact) mass is 261 g/mol. The Morgan fingerprint density at radius 3 is 2.46 bits per heavy atom. The summed E-state index contributed by atoms with van der Waals surface area (Å²) >= 11 is 3.44. The zero-order valence-corrected chi connectivity index (χ0v) is 9.70. The van der Waals surface area contributed by atoms with E-state index in [2.05, 4.69) is 45.5 Å². The molecule has 0 aromatic heterocycles. The summed E-state index contributed by atoms with van der Waals surface area (Å²) < 4.78 is 1.16. The van der Waals surface area contributed by atoms with Crippen LogP contribution in [0.1, 0.15) is 17.9 Å². The number of hydrogen-bond donors (Lipinski definition) is 1. The molecule has 13 heavy (non-hydrogen) atoms. The van der Waals surface area contributed by atoms with E-state index in [1.54, 1.807) is 0 Å². The van der Waals surface area contributed by atoms with Crippen LogP contribution in [0.4, 0.5) is 0 Å². The zero-order valence-electron chi connectivity index (χ0n) is 7.29. The Labute approximate surface area is 93.5 Å². The summed E-state index contributed by atoms with van der Waals surface area (Å²) in [6.07, 6.45) is 1.28. The third kappa shape index (κ3) is 2.70. The van der Waals surface area contributed by atoms with Gasteiger partial charge in [0, 0.05) is 11.0 Å². The maximum Gasteiger partial charge on any atom is 0.0175 e. The molecule has 1 heterocycles. The maximum atomic E-state index is 3.44. The third-order valence-corrected chi connectivity index (χ3v) is 2.93. The Hall–Kier alpha value is -0.0500. The lowest BCUT2D eigenvalue weighted by atomic mass is 9.99. The van der Waals surface area contributed by atoms with E-state index >= 15 is 0 Å². The molecule has 0 radical (unpaired) electrons. The van der Waals surface area contributed by atoms with E-state index < -0.39 is 0 Å². The second-order valence-corrected chi connectivity index (χ2v) is 4.16. The van der Waals surface area contributed by atoms with Crippen LogP contribution in [-0.4, -0.2) is 13.1 Å². The lowest BCUT2D eigenvalue weighted by molar-refractivity contribution is 0.763. The fourth-order valence-electron chi connectivity index (χ4n) is 1.67. The molecule has 0 bridgehead atoms. The first-order chi connectivity index (χ1) is 5.86. The Balaban J connectivity index is 0.000000845. The number of nitrogens with one attached hydrogen (secondary N) is 1. The highest BCUT2D eigenvalue weighted by molar-refractivity contribution is 9.10. The van der Waals surface area contributed by atoms with Crippen molar-refractivity contribution in [2.45, 2.75) is 12.3 Å². The van der Waals surface area contributed by atoms with Gasteiger partial charge in [-0.15, -0.1) is 12.4 Å². The topological polar surface area (TPSA) is 12.0 Å². The molecular weight excluding hydrogens is 249 g/mol. The Kier molecular flexibility index (Phi) is 4.23. The normalized spacial score (nSPS) is 21.2. The van der Waals surface area contributed by atoms with Crippen molar-refractivity contribution in [2.24, 2.45) is 0 Å². The molecule has 72 valence electrons. The van der Waals surface area contributed by atoms with Crippen molar-refractivity contribution in [3.63, 3.8) is 0 Å². The van der Waals surface area contributed by atoms with Crippen molar-refractivity contribution in [1.82, 2.24) is 5.32 Å². The summed E-state index contributed by atoms with van der Waals surface area (Å²) in [6.45, 7) is 2.31. The number of benzene rings is 1. The summed E-state index contributed by atoms with van der Waals surface area (Å²) in [4.78, 5) is 0. The average molecular weight is 263 g/mol. The van der Waals surface area contributed by atoms with Crippen molar-refractivity contribution in [1.29, 1.82) is 0 Å². The van der Waals surface area contributed by atoms with Crippen LogP contribution in [0.15, 0.2) is 28.7 Å². The van der Waals surface area contributed by atoms with Gasteiger partial charge >= 0.3 is 0 Å². The first kappa shape index (κ1) is 11.0. The van der Waals surface area contributed by atoms with Crippen LogP contribution in [0, 0.1) is 0 Å². The molecule has 1 atom stereocenters. The molecule has 1 fully saturated rings. The molecule has 1 aromatic carbocycles. The van der Waals surface area contributed by atoms with Crippen LogP contribution in [0.25, 0.3) is 0 Å². The second-order valence-electron chi connectivity index (χ2n) is 3.24. The predicted octanol–water partition coefficient (Wildman–Crippen LogP) is 2.95. The van der Waals surface area contributed by atoms with Gasteiger partial charge in [0.1, 0.15) is 0 Å². The van der Waals surface area contributed by atoms with Crippen molar-refractivity contribution in [2.75, 3.05) is 13.1 Å². The van der Waals surface area contributed by atoms with Gasteiger partial charge < -0.3 is 5.32 Å². The molecule has 0 spiro atoms. The Morgan fingerprint density at radius 2 is 1.92 bits per heavy atom. The van der Waals surface area contributed by atoms with Crippen LogP contribution >= 0.6 is 28.3 Å². The molecule has 0 aliphatic carbocycles. The van der Waals surface area contributed by atoms with E-state index in [1.165, 1.54) is 18.5 Å². The van der Waals surface area contributed by atoms with E-state index in [0.717, 1.165) is 16.9 Å². The standard InChI is InChI=1S/C10H12BrN.ClH/c11-10-3-1-8(2-4-10)9-5-6-12-7-9;/h1-4,9,12H,5-7H2;1H/t9-;/m1./s1. The van der Waals surface area contributed by atoms with E-state index in [0.29, 0.717) is 0 Å². The van der Waals surface area contributed by atoms with E-state index in [9.17, 15) is 0 Å². The van der Waals surface area contributed by atoms with Gasteiger partial charge in [0.25, 0.3) is 0 Å². The molecule has 2 rings (SSSR count). The first-order valence-electron chi connectivity index (χ1n) is 4.32. The van der Waals surface area contributed by atoms with Crippen LogP contribution in [0.5, 0.6) is 0 Å². The molecule has 0 saturated carbocycles. The van der Waals surface area contributed by atoms with Gasteiger partial charge in [-0.25, -0.2) is 0 Å². The van der Waals surface area contributed by atoms with Gasteiger partial charge in [0.05, 0.1) is 0 Å². The first-order valence-corrected chi connectivity index (χ1v) is 5.12. The summed E-state index contributed by atoms with van der Waals surface area (Å²) in [5.41, 5.74) is 1.46. The van der Waals surface area contributed by atoms with Gasteiger partial charge in [-0.05, 0) is 36.6 Å². The van der Waals surface area contributed by atoms with Gasteiger partial charge in [-0.1, -0.05) is 28.1 Å². The molecule has 1 aliphatic rings. The molecule has 1 nitrogen and oxygen atoms in total. The minimum atomic E-state index is 0. The molecule has 1 aliphatic heterocycles. The largest absolute Gasteiger partial charge is 0.316 e. The van der Waals surface area contributed by atoms with Crippen molar-refractivity contribution < 1.29 is 0 Å². The lowest BCUT2D eigenvalue weighted by Gasteiger charge is -2.07. The minimum Gasteiger partial charge on any atom is -0.316 e. The van der Waals surface area contributed by atoms with Crippen molar-refractivity contribution in [3.05, 3.63) is 34.3 Å². The Bertz CT molecular complexity index is 254. The van der Waals surface area contributed by atoms with Gasteiger partial charge in [-0.3, -0.25) is 0 Å². The number of hydrogen-bond acceptors (Lipinski definition) is 1. The third-order valence-electron chi connectivity index (χ3n) is 2.40. The number of rotatable bonds is 1. The van der Waals surface area contributed by atoms with Crippen LogP contribution in [-0.2, 0) is 0 Å². The Morgan fingerprint density at radius 1 is 1.23 bits per heavy atom. The SMILES string of the molecule is Brc1ccc([C@@H]2CCNC2)cc1.Cl. The highest BCUT2D eigenvalue weighted by atomic mass is 79.9. The smallest absolute Gasteiger partial charge is 0.0175 e. The maximum absolute atomic E-state index is 3.44. The molecule has 1 saturated heterocycles. The fourth-order valence-corrected chi connectivity index (χ4v) is 1.94. The van der Waals surface area contributed by atoms with E-state index in [4.69, 9.17) is 0 Å². The van der Waals surface area contributed by atoms with Crippen LogP contribution in [0.2, 0.25) is 0 Å². The fraction of sp³-hybridized carbons (Fsp3) is 0.400. The lowest BCUT2D eigenvalue weighted by Crippen LogP contribution is -2.07. The van der Waals surface area contributed by atoms with Crippen molar-refractivity contribution >= 4 is 28.3 Å². The molecule has 0 unspecified atom stereocenters. The highest BCUT2D eigenvalue weighted by Gasteiger charge is 2.15. The predicted molar refractivity (Wildman–Crippen MR) is 61.6 cm³/mol. The van der Waals surface area contributed by atoms with Crippen molar-refractivity contribution in [3.8, 4) is 0 Å². The molecular formula is C10H13BrClN. The molecule has 1 N–H and O–H groups in total. The van der Waals surface area contributed by atoms with Gasteiger partial charge in [0.2, 0.25) is 0 Å². The van der Waals surface area contributed by atoms with Crippen LogP contribution in [0.3, 0.4) is 0 Å². The second kappa shape index (κ2) is 4.99. The molecule has 0 amide bonds. The number of halogens is 2. The molecule has 3 heteroatoms. The minimum absolute atomic E-state index is 0. The average Bonchev–Trinajstić information content (AvgIpc) is 2.58. The van der Waals surface area contributed by atoms with Crippen LogP contribution < -0.4 is 5.32 Å². The van der Waals surface area contributed by atoms with Gasteiger partial charge in [-0.2, -0.15) is 0 Å². The summed E-state index contributed by atoms with van der Waals surface area (Å²) in [5.74, 6) is 0.734. The highest BCUT2D eigenvalue weighted by Crippen LogP contribution is 2.23. The quantitative estimate of drug-likeness (QED) is 0.820. The van der Waals surface area contributed by atoms with E-state index in [1.807, 2.05) is 0 Å². The van der Waals surface area contributed by atoms with Gasteiger partial charge in [0.15, 0.2) is 0 Å². The summed E-state index contributed by atoms with van der Waals surface area (Å²) in [7, 11) is 0. The summed E-state index contributed by atoms with van der Waals surface area (Å²) in [6, 6.07) is 8.66. The summed E-state index contributed by atoms with van der Waals surface area (Å²) in [5, 5.41) is 3.37. The zero-order chi connectivity index (χ0) is 8.39.